The van der Waals surface area contributed by atoms with Gasteiger partial charge in [-0.05, 0) is 5.41 Å². The van der Waals surface area contributed by atoms with Gasteiger partial charge in [-0.25, -0.2) is 0 Å². The van der Waals surface area contributed by atoms with Gasteiger partial charge in [-0.1, -0.05) is 25.9 Å². The van der Waals surface area contributed by atoms with E-state index in [1.807, 2.05) is 0 Å². The van der Waals surface area contributed by atoms with Crippen LogP contribution in [0.25, 0.3) is 0 Å². The summed E-state index contributed by atoms with van der Waals surface area (Å²) in [5, 5.41) is 3.16. The zero-order valence-corrected chi connectivity index (χ0v) is 7.57. The van der Waals surface area contributed by atoms with Gasteiger partial charge >= 0.3 is 6.18 Å². The van der Waals surface area contributed by atoms with Crippen molar-refractivity contribution in [2.24, 2.45) is 0 Å². The third-order valence-electron chi connectivity index (χ3n) is 1.64. The van der Waals surface area contributed by atoms with Crippen LogP contribution in [0.1, 0.15) is 32.1 Å². The third kappa shape index (κ3) is 2.02. The van der Waals surface area contributed by atoms with Gasteiger partial charge in [-0.15, -0.1) is 0 Å². The van der Waals surface area contributed by atoms with E-state index in [-0.39, 0.29) is 5.56 Å². The van der Waals surface area contributed by atoms with E-state index in [0.29, 0.717) is 0 Å². The van der Waals surface area contributed by atoms with Gasteiger partial charge < -0.3 is 4.52 Å². The van der Waals surface area contributed by atoms with Crippen LogP contribution >= 0.6 is 0 Å². The monoisotopic (exact) mass is 193 g/mol. The van der Waals surface area contributed by atoms with Crippen LogP contribution in [0.5, 0.6) is 0 Å². The van der Waals surface area contributed by atoms with Crippen molar-refractivity contribution < 1.29 is 17.7 Å². The molecule has 0 N–H and O–H groups in total. The number of hydrogen-bond donors (Lipinski definition) is 0. The van der Waals surface area contributed by atoms with Gasteiger partial charge in [0.25, 0.3) is 0 Å². The van der Waals surface area contributed by atoms with Crippen LogP contribution in [-0.2, 0) is 11.6 Å². The molecule has 74 valence electrons. The first kappa shape index (κ1) is 10.1. The lowest BCUT2D eigenvalue weighted by Crippen LogP contribution is -2.17. The third-order valence-corrected chi connectivity index (χ3v) is 1.64. The standard InChI is InChI=1S/C8H10F3NO/c1-7(2,3)5-4-12-13-6(5)8(9,10)11/h4H,1-3H3. The highest BCUT2D eigenvalue weighted by molar-refractivity contribution is 5.24. The number of alkyl halides is 3. The molecule has 0 aliphatic heterocycles. The molecule has 1 aromatic heterocycles. The van der Waals surface area contributed by atoms with E-state index >= 15 is 0 Å². The average Bonchev–Trinajstić information content (AvgIpc) is 2.27. The van der Waals surface area contributed by atoms with Gasteiger partial charge in [0, 0.05) is 5.56 Å². The molecule has 0 fully saturated rings. The Balaban J connectivity index is 3.19. The molecule has 0 saturated carbocycles. The summed E-state index contributed by atoms with van der Waals surface area (Å²) in [4.78, 5) is 0. The first-order valence-corrected chi connectivity index (χ1v) is 3.75. The molecule has 0 aliphatic carbocycles. The van der Waals surface area contributed by atoms with Crippen molar-refractivity contribution >= 4 is 0 Å². The Morgan fingerprint density at radius 2 is 1.77 bits per heavy atom. The topological polar surface area (TPSA) is 26.0 Å². The van der Waals surface area contributed by atoms with E-state index in [4.69, 9.17) is 0 Å². The molecular weight excluding hydrogens is 183 g/mol. The van der Waals surface area contributed by atoms with Crippen LogP contribution in [-0.4, -0.2) is 5.16 Å². The second kappa shape index (κ2) is 2.75. The van der Waals surface area contributed by atoms with Gasteiger partial charge in [-0.3, -0.25) is 0 Å². The molecule has 0 spiro atoms. The quantitative estimate of drug-likeness (QED) is 0.633. The van der Waals surface area contributed by atoms with E-state index in [1.54, 1.807) is 20.8 Å². The molecule has 0 aliphatic rings. The summed E-state index contributed by atoms with van der Waals surface area (Å²) in [6.07, 6.45) is -3.35. The van der Waals surface area contributed by atoms with Gasteiger partial charge in [-0.2, -0.15) is 13.2 Å². The van der Waals surface area contributed by atoms with Crippen molar-refractivity contribution in [1.82, 2.24) is 5.16 Å². The summed E-state index contributed by atoms with van der Waals surface area (Å²) in [7, 11) is 0. The predicted octanol–water partition coefficient (Wildman–Crippen LogP) is 2.99. The van der Waals surface area contributed by atoms with Crippen LogP contribution in [0.15, 0.2) is 10.7 Å². The average molecular weight is 193 g/mol. The van der Waals surface area contributed by atoms with Gasteiger partial charge in [0.15, 0.2) is 0 Å². The number of rotatable bonds is 0. The van der Waals surface area contributed by atoms with Crippen molar-refractivity contribution in [1.29, 1.82) is 0 Å². The van der Waals surface area contributed by atoms with Crippen LogP contribution in [0, 0.1) is 0 Å². The fourth-order valence-corrected chi connectivity index (χ4v) is 0.978. The zero-order valence-electron chi connectivity index (χ0n) is 7.57. The molecule has 5 heteroatoms. The van der Waals surface area contributed by atoms with Gasteiger partial charge in [0.2, 0.25) is 5.76 Å². The summed E-state index contributed by atoms with van der Waals surface area (Å²) in [6.45, 7) is 5.03. The lowest BCUT2D eigenvalue weighted by atomic mass is 9.87. The van der Waals surface area contributed by atoms with E-state index in [9.17, 15) is 13.2 Å². The highest BCUT2D eigenvalue weighted by atomic mass is 19.4. The van der Waals surface area contributed by atoms with E-state index < -0.39 is 17.4 Å². The first-order chi connectivity index (χ1) is 5.73. The van der Waals surface area contributed by atoms with Crippen molar-refractivity contribution in [3.05, 3.63) is 17.5 Å². The van der Waals surface area contributed by atoms with Gasteiger partial charge in [0.1, 0.15) is 0 Å². The summed E-state index contributed by atoms with van der Waals surface area (Å²) in [5.41, 5.74) is -0.523. The van der Waals surface area contributed by atoms with Crippen molar-refractivity contribution in [3.8, 4) is 0 Å². The molecule has 0 bridgehead atoms. The highest BCUT2D eigenvalue weighted by Gasteiger charge is 2.41. The minimum atomic E-state index is -4.46. The Bertz CT molecular complexity index is 267. The van der Waals surface area contributed by atoms with Crippen LogP contribution in [0.2, 0.25) is 0 Å². The molecule has 1 heterocycles. The minimum absolute atomic E-state index is 0.0833. The molecule has 0 saturated heterocycles. The highest BCUT2D eigenvalue weighted by Crippen LogP contribution is 2.36. The summed E-state index contributed by atoms with van der Waals surface area (Å²) in [5.74, 6) is -1.000. The maximum absolute atomic E-state index is 12.3. The fourth-order valence-electron chi connectivity index (χ4n) is 0.978. The molecule has 0 amide bonds. The Morgan fingerprint density at radius 3 is 2.08 bits per heavy atom. The predicted molar refractivity (Wildman–Crippen MR) is 40.2 cm³/mol. The Morgan fingerprint density at radius 1 is 1.23 bits per heavy atom. The number of hydrogen-bond acceptors (Lipinski definition) is 2. The Labute approximate surface area is 73.7 Å². The zero-order chi connectivity index (χ0) is 10.3. The molecule has 1 aromatic rings. The second-order valence-corrected chi connectivity index (χ2v) is 3.82. The van der Waals surface area contributed by atoms with E-state index in [2.05, 4.69) is 9.68 Å². The van der Waals surface area contributed by atoms with Crippen molar-refractivity contribution in [2.75, 3.05) is 0 Å². The first-order valence-electron chi connectivity index (χ1n) is 3.75. The van der Waals surface area contributed by atoms with Crippen LogP contribution in [0.3, 0.4) is 0 Å². The van der Waals surface area contributed by atoms with Crippen LogP contribution < -0.4 is 0 Å². The SMILES string of the molecule is CC(C)(C)c1cnoc1C(F)(F)F. The van der Waals surface area contributed by atoms with Gasteiger partial charge in [0.05, 0.1) is 6.20 Å². The lowest BCUT2D eigenvalue weighted by Gasteiger charge is -2.17. The Kier molecular flexibility index (Phi) is 2.13. The summed E-state index contributed by atoms with van der Waals surface area (Å²) in [6, 6.07) is 0. The molecular formula is C8H10F3NO. The smallest absolute Gasteiger partial charge is 0.351 e. The maximum Gasteiger partial charge on any atom is 0.452 e. The molecule has 0 aromatic carbocycles. The minimum Gasteiger partial charge on any atom is -0.351 e. The van der Waals surface area contributed by atoms with Crippen LogP contribution in [0.4, 0.5) is 13.2 Å². The number of halogens is 3. The largest absolute Gasteiger partial charge is 0.452 e. The number of nitrogens with zero attached hydrogens (tertiary/aromatic N) is 1. The molecule has 0 radical (unpaired) electrons. The normalized spacial score (nSPS) is 13.4. The molecule has 1 rings (SSSR count). The molecule has 2 nitrogen and oxygen atoms in total. The van der Waals surface area contributed by atoms with Crippen molar-refractivity contribution in [3.63, 3.8) is 0 Å². The summed E-state index contributed by atoms with van der Waals surface area (Å²) < 4.78 is 41.0. The summed E-state index contributed by atoms with van der Waals surface area (Å²) >= 11 is 0. The molecule has 0 atom stereocenters. The fraction of sp³-hybridized carbons (Fsp3) is 0.625. The van der Waals surface area contributed by atoms with E-state index in [0.717, 1.165) is 6.20 Å². The molecule has 0 unspecified atom stereocenters. The van der Waals surface area contributed by atoms with E-state index in [1.165, 1.54) is 0 Å². The second-order valence-electron chi connectivity index (χ2n) is 3.82. The maximum atomic E-state index is 12.3. The van der Waals surface area contributed by atoms with Crippen molar-refractivity contribution in [2.45, 2.75) is 32.4 Å². The lowest BCUT2D eigenvalue weighted by molar-refractivity contribution is -0.156. The number of aromatic nitrogens is 1. The Hall–Kier alpha value is -1.00. The molecule has 13 heavy (non-hydrogen) atoms.